The van der Waals surface area contributed by atoms with Gasteiger partial charge in [0, 0.05) is 21.2 Å². The molecule has 0 aliphatic rings. The van der Waals surface area contributed by atoms with Crippen molar-refractivity contribution in [2.24, 2.45) is 0 Å². The van der Waals surface area contributed by atoms with Crippen molar-refractivity contribution >= 4 is 28.5 Å². The Labute approximate surface area is 145 Å². The van der Waals surface area contributed by atoms with Crippen molar-refractivity contribution in [3.8, 4) is 0 Å². The number of nitrogens with zero attached hydrogens (tertiary/aromatic N) is 1. The zero-order chi connectivity index (χ0) is 16.2. The zero-order valence-electron chi connectivity index (χ0n) is 13.1. The first-order chi connectivity index (χ1) is 10.4. The average Bonchev–Trinajstić information content (AvgIpc) is 2.48. The van der Waals surface area contributed by atoms with E-state index in [0.29, 0.717) is 12.1 Å². The summed E-state index contributed by atoms with van der Waals surface area (Å²) in [6.07, 6.45) is 0. The molecule has 0 saturated carbocycles. The van der Waals surface area contributed by atoms with E-state index in [4.69, 9.17) is 0 Å². The summed E-state index contributed by atoms with van der Waals surface area (Å²) in [6.45, 7) is 6.94. The van der Waals surface area contributed by atoms with Gasteiger partial charge in [-0.25, -0.2) is 5.01 Å². The van der Waals surface area contributed by atoms with E-state index in [-0.39, 0.29) is 11.4 Å². The maximum atomic E-state index is 12.4. The summed E-state index contributed by atoms with van der Waals surface area (Å²) in [5.41, 5.74) is 4.73. The predicted molar refractivity (Wildman–Crippen MR) is 98.4 cm³/mol. The predicted octanol–water partition coefficient (Wildman–Crippen LogP) is 4.24. The van der Waals surface area contributed by atoms with Crippen LogP contribution in [0.3, 0.4) is 0 Å². The standard InChI is InChI=1S/C18H21IN2O/c1-18(2,3)21(13-15-11-7-8-12-16(15)19)20-17(22)14-9-5-4-6-10-14/h4-12H,13H2,1-3H3,(H,20,22). The maximum absolute atomic E-state index is 12.4. The van der Waals surface area contributed by atoms with Gasteiger partial charge in [0.25, 0.3) is 5.91 Å². The van der Waals surface area contributed by atoms with E-state index in [9.17, 15) is 4.79 Å². The van der Waals surface area contributed by atoms with Crippen LogP contribution in [0, 0.1) is 3.57 Å². The van der Waals surface area contributed by atoms with Crippen molar-refractivity contribution in [1.29, 1.82) is 0 Å². The Morgan fingerprint density at radius 3 is 2.23 bits per heavy atom. The first-order valence-electron chi connectivity index (χ1n) is 7.25. The summed E-state index contributed by atoms with van der Waals surface area (Å²) < 4.78 is 1.20. The number of benzene rings is 2. The highest BCUT2D eigenvalue weighted by atomic mass is 127. The van der Waals surface area contributed by atoms with E-state index in [0.717, 1.165) is 0 Å². The van der Waals surface area contributed by atoms with Crippen LogP contribution in [-0.2, 0) is 6.54 Å². The number of rotatable bonds is 4. The van der Waals surface area contributed by atoms with Gasteiger partial charge in [-0.15, -0.1) is 0 Å². The van der Waals surface area contributed by atoms with Crippen molar-refractivity contribution in [3.05, 3.63) is 69.3 Å². The second-order valence-electron chi connectivity index (χ2n) is 6.16. The number of hydrogen-bond donors (Lipinski definition) is 1. The van der Waals surface area contributed by atoms with Crippen LogP contribution in [-0.4, -0.2) is 16.5 Å². The van der Waals surface area contributed by atoms with E-state index >= 15 is 0 Å². The fraction of sp³-hybridized carbons (Fsp3) is 0.278. The number of hydrogen-bond acceptors (Lipinski definition) is 2. The van der Waals surface area contributed by atoms with Crippen LogP contribution in [0.2, 0.25) is 0 Å². The van der Waals surface area contributed by atoms with Crippen LogP contribution in [0.25, 0.3) is 0 Å². The minimum atomic E-state index is -0.177. The van der Waals surface area contributed by atoms with Gasteiger partial charge in [-0.3, -0.25) is 10.2 Å². The molecule has 0 fully saturated rings. The highest BCUT2D eigenvalue weighted by Gasteiger charge is 2.24. The van der Waals surface area contributed by atoms with E-state index in [2.05, 4.69) is 60.9 Å². The Morgan fingerprint density at radius 2 is 1.64 bits per heavy atom. The normalized spacial score (nSPS) is 11.5. The summed E-state index contributed by atoms with van der Waals surface area (Å²) in [5, 5.41) is 1.99. The largest absolute Gasteiger partial charge is 0.284 e. The van der Waals surface area contributed by atoms with Crippen molar-refractivity contribution in [2.45, 2.75) is 32.9 Å². The topological polar surface area (TPSA) is 32.3 Å². The third kappa shape index (κ3) is 4.55. The number of carbonyl (C=O) groups is 1. The van der Waals surface area contributed by atoms with E-state index in [1.807, 2.05) is 47.5 Å². The van der Waals surface area contributed by atoms with Crippen LogP contribution in [0.1, 0.15) is 36.7 Å². The highest BCUT2D eigenvalue weighted by molar-refractivity contribution is 14.1. The monoisotopic (exact) mass is 408 g/mol. The van der Waals surface area contributed by atoms with Crippen LogP contribution in [0.15, 0.2) is 54.6 Å². The minimum absolute atomic E-state index is 0.0820. The van der Waals surface area contributed by atoms with Crippen molar-refractivity contribution in [1.82, 2.24) is 10.4 Å². The molecule has 4 heteroatoms. The number of hydrazine groups is 1. The SMILES string of the molecule is CC(C)(C)N(Cc1ccccc1I)NC(=O)c1ccccc1. The molecule has 2 aromatic rings. The Bertz CT molecular complexity index is 635. The first kappa shape index (κ1) is 17.0. The third-order valence-corrected chi connectivity index (χ3v) is 4.42. The molecule has 0 aromatic heterocycles. The molecule has 116 valence electrons. The third-order valence-electron chi connectivity index (χ3n) is 3.37. The lowest BCUT2D eigenvalue weighted by Crippen LogP contribution is -2.52. The zero-order valence-corrected chi connectivity index (χ0v) is 15.3. The molecule has 22 heavy (non-hydrogen) atoms. The van der Waals surface area contributed by atoms with Crippen molar-refractivity contribution < 1.29 is 4.79 Å². The quantitative estimate of drug-likeness (QED) is 0.607. The summed E-state index contributed by atoms with van der Waals surface area (Å²) >= 11 is 2.33. The van der Waals surface area contributed by atoms with Gasteiger partial charge < -0.3 is 0 Å². The molecule has 0 aliphatic heterocycles. The Kier molecular flexibility index (Phi) is 5.58. The second kappa shape index (κ2) is 7.24. The molecule has 0 unspecified atom stereocenters. The van der Waals surface area contributed by atoms with Gasteiger partial charge >= 0.3 is 0 Å². The van der Waals surface area contributed by atoms with Crippen LogP contribution in [0.4, 0.5) is 0 Å². The molecule has 0 bridgehead atoms. The average molecular weight is 408 g/mol. The van der Waals surface area contributed by atoms with E-state index < -0.39 is 0 Å². The maximum Gasteiger partial charge on any atom is 0.265 e. The second-order valence-corrected chi connectivity index (χ2v) is 7.32. The van der Waals surface area contributed by atoms with Gasteiger partial charge in [0.05, 0.1) is 0 Å². The molecule has 1 N–H and O–H groups in total. The number of carbonyl (C=O) groups excluding carboxylic acids is 1. The van der Waals surface area contributed by atoms with Crippen LogP contribution >= 0.6 is 22.6 Å². The fourth-order valence-corrected chi connectivity index (χ4v) is 2.58. The minimum Gasteiger partial charge on any atom is -0.284 e. The number of amides is 1. The lowest BCUT2D eigenvalue weighted by molar-refractivity contribution is 0.0460. The lowest BCUT2D eigenvalue weighted by Gasteiger charge is -2.36. The molecular formula is C18H21IN2O. The summed E-state index contributed by atoms with van der Waals surface area (Å²) in [7, 11) is 0. The van der Waals surface area contributed by atoms with Gasteiger partial charge in [0.15, 0.2) is 0 Å². The molecule has 2 rings (SSSR count). The number of nitrogens with one attached hydrogen (secondary N) is 1. The molecule has 0 saturated heterocycles. The van der Waals surface area contributed by atoms with Crippen LogP contribution < -0.4 is 5.43 Å². The Morgan fingerprint density at radius 1 is 1.05 bits per heavy atom. The molecule has 0 spiro atoms. The highest BCUT2D eigenvalue weighted by Crippen LogP contribution is 2.19. The Balaban J connectivity index is 2.18. The molecular weight excluding hydrogens is 387 g/mol. The first-order valence-corrected chi connectivity index (χ1v) is 8.33. The molecule has 3 nitrogen and oxygen atoms in total. The molecule has 1 amide bonds. The lowest BCUT2D eigenvalue weighted by atomic mass is 10.1. The van der Waals surface area contributed by atoms with Gasteiger partial charge in [-0.2, -0.15) is 0 Å². The Hall–Kier alpha value is -1.40. The molecule has 0 atom stereocenters. The van der Waals surface area contributed by atoms with Crippen molar-refractivity contribution in [2.75, 3.05) is 0 Å². The summed E-state index contributed by atoms with van der Waals surface area (Å²) in [4.78, 5) is 12.4. The smallest absolute Gasteiger partial charge is 0.265 e. The van der Waals surface area contributed by atoms with Crippen LogP contribution in [0.5, 0.6) is 0 Å². The summed E-state index contributed by atoms with van der Waals surface area (Å²) in [5.74, 6) is -0.0820. The van der Waals surface area contributed by atoms with E-state index in [1.165, 1.54) is 9.13 Å². The van der Waals surface area contributed by atoms with Gasteiger partial charge in [-0.05, 0) is 67.1 Å². The molecule has 0 aliphatic carbocycles. The summed E-state index contributed by atoms with van der Waals surface area (Å²) in [6, 6.07) is 17.5. The van der Waals surface area contributed by atoms with Gasteiger partial charge in [0.1, 0.15) is 0 Å². The number of halogens is 1. The van der Waals surface area contributed by atoms with Crippen molar-refractivity contribution in [3.63, 3.8) is 0 Å². The van der Waals surface area contributed by atoms with Gasteiger partial charge in [-0.1, -0.05) is 36.4 Å². The molecule has 2 aromatic carbocycles. The fourth-order valence-electron chi connectivity index (χ4n) is 2.02. The van der Waals surface area contributed by atoms with Gasteiger partial charge in [0.2, 0.25) is 0 Å². The van der Waals surface area contributed by atoms with E-state index in [1.54, 1.807) is 0 Å². The molecule has 0 radical (unpaired) electrons. The molecule has 0 heterocycles.